The Balaban J connectivity index is 1.99. The molecular weight excluding hydrogens is 352 g/mol. The highest BCUT2D eigenvalue weighted by molar-refractivity contribution is 5.90. The molecule has 0 bridgehead atoms. The van der Waals surface area contributed by atoms with Gasteiger partial charge in [-0.25, -0.2) is 9.59 Å². The van der Waals surface area contributed by atoms with Gasteiger partial charge >= 0.3 is 17.6 Å². The molecule has 0 aliphatic heterocycles. The van der Waals surface area contributed by atoms with Gasteiger partial charge in [-0.1, -0.05) is 0 Å². The largest absolute Gasteiger partial charge is 0.466 e. The minimum absolute atomic E-state index is 0.0390. The lowest BCUT2D eigenvalue weighted by Crippen LogP contribution is -2.11. The van der Waals surface area contributed by atoms with Gasteiger partial charge in [-0.05, 0) is 49.6 Å². The molecule has 2 aromatic heterocycles. The molecule has 0 radical (unpaired) electrons. The van der Waals surface area contributed by atoms with Gasteiger partial charge in [-0.3, -0.25) is 4.79 Å². The van der Waals surface area contributed by atoms with Crippen molar-refractivity contribution in [2.75, 3.05) is 6.61 Å². The van der Waals surface area contributed by atoms with Crippen LogP contribution in [0.4, 0.5) is 0 Å². The Morgan fingerprint density at radius 2 is 2.00 bits per heavy atom. The van der Waals surface area contributed by atoms with Crippen LogP contribution in [0.1, 0.15) is 35.0 Å². The molecule has 140 valence electrons. The SMILES string of the molecule is CCOC(=O)CCc1cc2c(C)cc(=O)oc2cc1OC(=O)c1ccco1. The zero-order valence-electron chi connectivity index (χ0n) is 14.9. The summed E-state index contributed by atoms with van der Waals surface area (Å²) in [5.41, 5.74) is 1.14. The van der Waals surface area contributed by atoms with Gasteiger partial charge < -0.3 is 18.3 Å². The summed E-state index contributed by atoms with van der Waals surface area (Å²) < 4.78 is 20.6. The molecule has 0 aliphatic carbocycles. The van der Waals surface area contributed by atoms with Crippen LogP contribution in [0.3, 0.4) is 0 Å². The smallest absolute Gasteiger partial charge is 0.379 e. The number of hydrogen-bond acceptors (Lipinski definition) is 7. The third-order valence-electron chi connectivity index (χ3n) is 3.96. The summed E-state index contributed by atoms with van der Waals surface area (Å²) in [6.45, 7) is 3.81. The van der Waals surface area contributed by atoms with Crippen molar-refractivity contribution < 1.29 is 27.9 Å². The minimum atomic E-state index is -0.688. The van der Waals surface area contributed by atoms with E-state index in [2.05, 4.69) is 0 Å². The van der Waals surface area contributed by atoms with Gasteiger partial charge in [0.05, 0.1) is 12.9 Å². The van der Waals surface area contributed by atoms with Crippen LogP contribution in [-0.4, -0.2) is 18.5 Å². The number of rotatable bonds is 6. The number of hydrogen-bond donors (Lipinski definition) is 0. The molecular formula is C20H18O7. The Kier molecular flexibility index (Phi) is 5.40. The summed E-state index contributed by atoms with van der Waals surface area (Å²) in [6, 6.07) is 7.65. The summed E-state index contributed by atoms with van der Waals surface area (Å²) >= 11 is 0. The van der Waals surface area contributed by atoms with E-state index in [1.54, 1.807) is 26.0 Å². The molecule has 3 aromatic rings. The maximum atomic E-state index is 12.2. The zero-order chi connectivity index (χ0) is 19.4. The van der Waals surface area contributed by atoms with Crippen molar-refractivity contribution in [2.45, 2.75) is 26.7 Å². The Morgan fingerprint density at radius 3 is 2.70 bits per heavy atom. The molecule has 0 saturated heterocycles. The number of fused-ring (bicyclic) bond motifs is 1. The van der Waals surface area contributed by atoms with Crippen molar-refractivity contribution in [3.8, 4) is 5.75 Å². The number of aryl methyl sites for hydroxylation is 2. The summed E-state index contributed by atoms with van der Waals surface area (Å²) in [6.07, 6.45) is 1.79. The van der Waals surface area contributed by atoms with Crippen molar-refractivity contribution in [2.24, 2.45) is 0 Å². The van der Waals surface area contributed by atoms with E-state index in [-0.39, 0.29) is 23.9 Å². The lowest BCUT2D eigenvalue weighted by molar-refractivity contribution is -0.143. The lowest BCUT2D eigenvalue weighted by Gasteiger charge is -2.11. The van der Waals surface area contributed by atoms with Gasteiger partial charge in [-0.2, -0.15) is 0 Å². The van der Waals surface area contributed by atoms with Gasteiger partial charge in [0.15, 0.2) is 0 Å². The summed E-state index contributed by atoms with van der Waals surface area (Å²) in [5.74, 6) is -0.803. The molecule has 27 heavy (non-hydrogen) atoms. The first kappa shape index (κ1) is 18.4. The summed E-state index contributed by atoms with van der Waals surface area (Å²) in [5, 5.41) is 0.700. The van der Waals surface area contributed by atoms with E-state index in [0.29, 0.717) is 29.6 Å². The third kappa shape index (κ3) is 4.25. The molecule has 0 N–H and O–H groups in total. The summed E-state index contributed by atoms with van der Waals surface area (Å²) in [7, 11) is 0. The second-order valence-electron chi connectivity index (χ2n) is 5.88. The number of furan rings is 1. The lowest BCUT2D eigenvalue weighted by atomic mass is 10.0. The number of carbonyl (C=O) groups excluding carboxylic acids is 2. The number of benzene rings is 1. The normalized spacial score (nSPS) is 10.7. The average Bonchev–Trinajstić information content (AvgIpc) is 3.15. The first-order chi connectivity index (χ1) is 13.0. The van der Waals surface area contributed by atoms with E-state index in [0.717, 1.165) is 5.56 Å². The second kappa shape index (κ2) is 7.90. The molecule has 0 saturated carbocycles. The third-order valence-corrected chi connectivity index (χ3v) is 3.96. The monoisotopic (exact) mass is 370 g/mol. The van der Waals surface area contributed by atoms with Crippen molar-refractivity contribution in [1.82, 2.24) is 0 Å². The first-order valence-electron chi connectivity index (χ1n) is 8.46. The number of esters is 2. The van der Waals surface area contributed by atoms with Crippen molar-refractivity contribution >= 4 is 22.9 Å². The zero-order valence-corrected chi connectivity index (χ0v) is 14.9. The highest BCUT2D eigenvalue weighted by atomic mass is 16.5. The summed E-state index contributed by atoms with van der Waals surface area (Å²) in [4.78, 5) is 35.6. The van der Waals surface area contributed by atoms with Gasteiger partial charge in [0, 0.05) is 23.9 Å². The Labute approximate surface area is 154 Å². The van der Waals surface area contributed by atoms with Crippen molar-refractivity contribution in [3.05, 3.63) is 63.9 Å². The van der Waals surface area contributed by atoms with Crippen LogP contribution < -0.4 is 10.4 Å². The highest BCUT2D eigenvalue weighted by Gasteiger charge is 2.17. The van der Waals surface area contributed by atoms with Crippen LogP contribution in [0.25, 0.3) is 11.0 Å². The standard InChI is InChI=1S/C20H18O7/c1-3-24-18(21)7-6-13-10-14-12(2)9-19(22)26-17(14)11-16(13)27-20(23)15-5-4-8-25-15/h4-5,8-11H,3,6-7H2,1-2H3. The van der Waals surface area contributed by atoms with E-state index < -0.39 is 11.6 Å². The van der Waals surface area contributed by atoms with E-state index in [1.807, 2.05) is 0 Å². The molecule has 7 heteroatoms. The Morgan fingerprint density at radius 1 is 1.19 bits per heavy atom. The second-order valence-corrected chi connectivity index (χ2v) is 5.88. The van der Waals surface area contributed by atoms with Gasteiger partial charge in [0.2, 0.25) is 5.76 Å². The maximum Gasteiger partial charge on any atom is 0.379 e. The van der Waals surface area contributed by atoms with Crippen LogP contribution in [0.15, 0.2) is 50.2 Å². The molecule has 3 rings (SSSR count). The van der Waals surface area contributed by atoms with Crippen LogP contribution >= 0.6 is 0 Å². The topological polar surface area (TPSA) is 96.0 Å². The fourth-order valence-electron chi connectivity index (χ4n) is 2.70. The average molecular weight is 370 g/mol. The molecule has 0 fully saturated rings. The van der Waals surface area contributed by atoms with E-state index in [1.165, 1.54) is 24.5 Å². The first-order valence-corrected chi connectivity index (χ1v) is 8.46. The quantitative estimate of drug-likeness (QED) is 0.373. The molecule has 1 aromatic carbocycles. The molecule has 0 atom stereocenters. The molecule has 0 unspecified atom stereocenters. The Bertz CT molecular complexity index is 1030. The predicted molar refractivity (Wildman–Crippen MR) is 95.8 cm³/mol. The highest BCUT2D eigenvalue weighted by Crippen LogP contribution is 2.29. The Hall–Kier alpha value is -3.35. The van der Waals surface area contributed by atoms with Crippen molar-refractivity contribution in [1.29, 1.82) is 0 Å². The molecule has 0 spiro atoms. The fourth-order valence-corrected chi connectivity index (χ4v) is 2.70. The molecule has 2 heterocycles. The minimum Gasteiger partial charge on any atom is -0.466 e. The van der Waals surface area contributed by atoms with Crippen molar-refractivity contribution in [3.63, 3.8) is 0 Å². The van der Waals surface area contributed by atoms with Crippen LogP contribution in [-0.2, 0) is 16.0 Å². The molecule has 0 aliphatic rings. The fraction of sp³-hybridized carbons (Fsp3) is 0.250. The van der Waals surface area contributed by atoms with Crippen LogP contribution in [0.5, 0.6) is 5.75 Å². The van der Waals surface area contributed by atoms with Crippen LogP contribution in [0, 0.1) is 6.92 Å². The van der Waals surface area contributed by atoms with Gasteiger partial charge in [0.1, 0.15) is 11.3 Å². The van der Waals surface area contributed by atoms with Gasteiger partial charge in [-0.15, -0.1) is 0 Å². The molecule has 0 amide bonds. The number of ether oxygens (including phenoxy) is 2. The molecule has 7 nitrogen and oxygen atoms in total. The van der Waals surface area contributed by atoms with E-state index >= 15 is 0 Å². The van der Waals surface area contributed by atoms with Gasteiger partial charge in [0.25, 0.3) is 0 Å². The van der Waals surface area contributed by atoms with Crippen LogP contribution in [0.2, 0.25) is 0 Å². The van der Waals surface area contributed by atoms with E-state index in [4.69, 9.17) is 18.3 Å². The predicted octanol–water partition coefficient (Wildman–Crippen LogP) is 3.41. The maximum absolute atomic E-state index is 12.2. The number of carbonyl (C=O) groups is 2. The van der Waals surface area contributed by atoms with E-state index in [9.17, 15) is 14.4 Å².